The summed E-state index contributed by atoms with van der Waals surface area (Å²) in [6.45, 7) is 3.28. The third kappa shape index (κ3) is 1.40. The average Bonchev–Trinajstić information content (AvgIpc) is 2.63. The molecular formula is C10H14Cl2O2. The lowest BCUT2D eigenvalue weighted by molar-refractivity contribution is -0.137. The summed E-state index contributed by atoms with van der Waals surface area (Å²) in [5.41, 5.74) is 1.03. The van der Waals surface area contributed by atoms with Crippen LogP contribution >= 0.6 is 23.2 Å². The molecule has 0 N–H and O–H groups in total. The topological polar surface area (TPSA) is 18.5 Å². The van der Waals surface area contributed by atoms with Crippen molar-refractivity contribution in [2.24, 2.45) is 0 Å². The number of rotatable bonds is 3. The molecule has 4 heteroatoms. The van der Waals surface area contributed by atoms with Gasteiger partial charge >= 0.3 is 0 Å². The molecule has 1 spiro atoms. The Hall–Kier alpha value is 0.240. The Bertz CT molecular complexity index is 255. The lowest BCUT2D eigenvalue weighted by Crippen LogP contribution is -2.55. The van der Waals surface area contributed by atoms with Gasteiger partial charge in [0.25, 0.3) is 0 Å². The van der Waals surface area contributed by atoms with E-state index < -0.39 is 10.1 Å². The fraction of sp³-hybridized carbons (Fsp3) is 0.800. The third-order valence-electron chi connectivity index (χ3n) is 2.72. The zero-order valence-corrected chi connectivity index (χ0v) is 9.70. The third-order valence-corrected chi connectivity index (χ3v) is 3.73. The summed E-state index contributed by atoms with van der Waals surface area (Å²) >= 11 is 12.4. The molecule has 0 unspecified atom stereocenters. The van der Waals surface area contributed by atoms with E-state index in [1.807, 2.05) is 6.08 Å². The molecule has 2 aliphatic rings. The summed E-state index contributed by atoms with van der Waals surface area (Å²) in [4.78, 5) is 0. The Morgan fingerprint density at radius 3 is 2.50 bits per heavy atom. The minimum absolute atomic E-state index is 0.568. The van der Waals surface area contributed by atoms with Crippen LogP contribution in [0.3, 0.4) is 0 Å². The van der Waals surface area contributed by atoms with Crippen molar-refractivity contribution >= 4 is 23.2 Å². The van der Waals surface area contributed by atoms with Crippen LogP contribution in [0.5, 0.6) is 0 Å². The highest BCUT2D eigenvalue weighted by Gasteiger charge is 2.62. The van der Waals surface area contributed by atoms with Crippen LogP contribution in [0.15, 0.2) is 11.6 Å². The minimum Gasteiger partial charge on any atom is -0.341 e. The lowest BCUT2D eigenvalue weighted by atomic mass is 9.86. The summed E-state index contributed by atoms with van der Waals surface area (Å²) in [5.74, 6) is -0.848. The van der Waals surface area contributed by atoms with Gasteiger partial charge < -0.3 is 9.47 Å². The summed E-state index contributed by atoms with van der Waals surface area (Å²) < 4.78 is 9.91. The van der Waals surface area contributed by atoms with Gasteiger partial charge in [-0.2, -0.15) is 0 Å². The van der Waals surface area contributed by atoms with E-state index in [-0.39, 0.29) is 0 Å². The van der Waals surface area contributed by atoms with Gasteiger partial charge in [-0.25, -0.2) is 0 Å². The molecule has 0 aromatic carbocycles. The van der Waals surface area contributed by atoms with Crippen molar-refractivity contribution in [2.45, 2.75) is 36.3 Å². The summed E-state index contributed by atoms with van der Waals surface area (Å²) in [5, 5.41) is 0. The molecule has 0 amide bonds. The molecule has 2 rings (SSSR count). The molecule has 1 heterocycles. The highest BCUT2D eigenvalue weighted by molar-refractivity contribution is 6.52. The molecule has 1 fully saturated rings. The van der Waals surface area contributed by atoms with Crippen molar-refractivity contribution in [3.8, 4) is 0 Å². The second kappa shape index (κ2) is 3.67. The van der Waals surface area contributed by atoms with E-state index in [9.17, 15) is 0 Å². The quantitative estimate of drug-likeness (QED) is 0.554. The van der Waals surface area contributed by atoms with Gasteiger partial charge in [0.05, 0.1) is 13.2 Å². The highest BCUT2D eigenvalue weighted by atomic mass is 35.5. The van der Waals surface area contributed by atoms with Gasteiger partial charge in [0.1, 0.15) is 0 Å². The van der Waals surface area contributed by atoms with Crippen LogP contribution < -0.4 is 0 Å². The van der Waals surface area contributed by atoms with E-state index in [0.717, 1.165) is 24.8 Å². The van der Waals surface area contributed by atoms with Gasteiger partial charge in [-0.05, 0) is 24.5 Å². The fourth-order valence-electron chi connectivity index (χ4n) is 1.85. The number of hydrogen-bond acceptors (Lipinski definition) is 2. The van der Waals surface area contributed by atoms with E-state index in [2.05, 4.69) is 6.92 Å². The molecule has 0 saturated carbocycles. The number of hydrogen-bond donors (Lipinski definition) is 0. The predicted octanol–water partition coefficient (Wildman–Crippen LogP) is 3.03. The van der Waals surface area contributed by atoms with E-state index in [1.54, 1.807) is 0 Å². The van der Waals surface area contributed by atoms with Crippen molar-refractivity contribution in [3.05, 3.63) is 11.6 Å². The first-order chi connectivity index (χ1) is 6.62. The van der Waals surface area contributed by atoms with Gasteiger partial charge in [-0.1, -0.05) is 36.5 Å². The molecule has 1 aliphatic heterocycles. The van der Waals surface area contributed by atoms with E-state index in [4.69, 9.17) is 32.7 Å². The first-order valence-corrected chi connectivity index (χ1v) is 5.76. The molecule has 2 nitrogen and oxygen atoms in total. The highest BCUT2D eigenvalue weighted by Crippen LogP contribution is 2.55. The second-order valence-corrected chi connectivity index (χ2v) is 5.04. The van der Waals surface area contributed by atoms with E-state index in [0.29, 0.717) is 13.2 Å². The molecule has 0 bridgehead atoms. The predicted molar refractivity (Wildman–Crippen MR) is 56.7 cm³/mol. The van der Waals surface area contributed by atoms with Crippen molar-refractivity contribution in [2.75, 3.05) is 13.2 Å². The Morgan fingerprint density at radius 2 is 2.00 bits per heavy atom. The first kappa shape index (κ1) is 10.7. The normalized spacial score (nSPS) is 27.5. The zero-order valence-electron chi connectivity index (χ0n) is 8.19. The van der Waals surface area contributed by atoms with Gasteiger partial charge in [0.15, 0.2) is 4.33 Å². The van der Waals surface area contributed by atoms with Gasteiger partial charge in [0.2, 0.25) is 5.79 Å². The molecule has 14 heavy (non-hydrogen) atoms. The standard InChI is InChI=1S/C10H14Cl2O2/c1-2-3-4-8-7-9(10(8,11)12)13-5-6-14-9/h7H,2-6H2,1H3. The molecule has 0 atom stereocenters. The molecular weight excluding hydrogens is 223 g/mol. The van der Waals surface area contributed by atoms with Crippen LogP contribution in [-0.2, 0) is 9.47 Å². The largest absolute Gasteiger partial charge is 0.341 e. The Morgan fingerprint density at radius 1 is 1.36 bits per heavy atom. The fourth-order valence-corrected chi connectivity index (χ4v) is 2.47. The maximum Gasteiger partial charge on any atom is 0.226 e. The SMILES string of the molecule is CCCCC1=CC2(OCCO2)C1(Cl)Cl. The van der Waals surface area contributed by atoms with Crippen molar-refractivity contribution in [1.29, 1.82) is 0 Å². The Kier molecular flexibility index (Phi) is 2.82. The van der Waals surface area contributed by atoms with Crippen LogP contribution in [-0.4, -0.2) is 23.3 Å². The second-order valence-electron chi connectivity index (χ2n) is 3.71. The van der Waals surface area contributed by atoms with Gasteiger partial charge in [-0.15, -0.1) is 0 Å². The molecule has 1 saturated heterocycles. The molecule has 1 aliphatic carbocycles. The first-order valence-electron chi connectivity index (χ1n) is 5.00. The van der Waals surface area contributed by atoms with Gasteiger partial charge in [-0.3, -0.25) is 0 Å². The molecule has 0 aromatic heterocycles. The molecule has 0 radical (unpaired) electrons. The van der Waals surface area contributed by atoms with Crippen molar-refractivity contribution in [1.82, 2.24) is 0 Å². The van der Waals surface area contributed by atoms with Crippen LogP contribution in [0, 0.1) is 0 Å². The Balaban J connectivity index is 2.08. The van der Waals surface area contributed by atoms with Gasteiger partial charge in [0, 0.05) is 0 Å². The maximum absolute atomic E-state index is 6.22. The van der Waals surface area contributed by atoms with Crippen LogP contribution in [0.4, 0.5) is 0 Å². The van der Waals surface area contributed by atoms with Crippen molar-refractivity contribution in [3.63, 3.8) is 0 Å². The van der Waals surface area contributed by atoms with Crippen LogP contribution in [0.25, 0.3) is 0 Å². The van der Waals surface area contributed by atoms with Crippen LogP contribution in [0.1, 0.15) is 26.2 Å². The monoisotopic (exact) mass is 236 g/mol. The number of unbranched alkanes of at least 4 members (excludes halogenated alkanes) is 1. The Labute approximate surface area is 94.2 Å². The average molecular weight is 237 g/mol. The van der Waals surface area contributed by atoms with Crippen LogP contribution in [0.2, 0.25) is 0 Å². The summed E-state index contributed by atoms with van der Waals surface area (Å²) in [7, 11) is 0. The minimum atomic E-state index is -0.974. The maximum atomic E-state index is 6.22. The summed E-state index contributed by atoms with van der Waals surface area (Å²) in [6, 6.07) is 0. The van der Waals surface area contributed by atoms with Crippen molar-refractivity contribution < 1.29 is 9.47 Å². The number of ether oxygens (including phenoxy) is 2. The van der Waals surface area contributed by atoms with E-state index >= 15 is 0 Å². The number of alkyl halides is 2. The number of halogens is 2. The molecule has 0 aromatic rings. The lowest BCUT2D eigenvalue weighted by Gasteiger charge is -2.45. The zero-order chi connectivity index (χ0) is 10.2. The summed E-state index contributed by atoms with van der Waals surface area (Å²) in [6.07, 6.45) is 5.09. The molecule has 80 valence electrons. The van der Waals surface area contributed by atoms with E-state index in [1.165, 1.54) is 0 Å². The smallest absolute Gasteiger partial charge is 0.226 e.